The third kappa shape index (κ3) is 3.80. The highest BCUT2D eigenvalue weighted by Crippen LogP contribution is 2.32. The average Bonchev–Trinajstić information content (AvgIpc) is 3.39. The summed E-state index contributed by atoms with van der Waals surface area (Å²) < 4.78 is 10.6. The van der Waals surface area contributed by atoms with Gasteiger partial charge in [-0.05, 0) is 61.4 Å². The Morgan fingerprint density at radius 2 is 1.96 bits per heavy atom. The van der Waals surface area contributed by atoms with Gasteiger partial charge in [-0.25, -0.2) is 4.79 Å². The molecule has 0 aliphatic carbocycles. The van der Waals surface area contributed by atoms with Crippen LogP contribution in [0.1, 0.15) is 24.8 Å². The number of hydrogen-bond acceptors (Lipinski definition) is 5. The fourth-order valence-corrected chi connectivity index (χ4v) is 3.35. The summed E-state index contributed by atoms with van der Waals surface area (Å²) in [5, 5.41) is 7.58. The van der Waals surface area contributed by atoms with Gasteiger partial charge in [0.25, 0.3) is 0 Å². The van der Waals surface area contributed by atoms with Crippen LogP contribution in [0, 0.1) is 0 Å². The standard InChI is InChI=1S/C20H19ClN4O3/c1-27-16-10-4-13(5-11-16)18-23-19(28-24-18)17-3-2-12-25(17)20(26)22-15-8-6-14(21)7-9-15/h4-11,17H,2-3,12H2,1H3,(H,22,26). The van der Waals surface area contributed by atoms with Gasteiger partial charge in [0.2, 0.25) is 11.7 Å². The second kappa shape index (κ2) is 7.90. The predicted octanol–water partition coefficient (Wildman–Crippen LogP) is 4.77. The second-order valence-electron chi connectivity index (χ2n) is 6.47. The number of likely N-dealkylation sites (tertiary alicyclic amines) is 1. The molecule has 1 atom stereocenters. The number of benzene rings is 2. The molecule has 1 aromatic heterocycles. The lowest BCUT2D eigenvalue weighted by Gasteiger charge is -2.22. The molecule has 0 radical (unpaired) electrons. The van der Waals surface area contributed by atoms with Crippen LogP contribution in [-0.2, 0) is 0 Å². The fraction of sp³-hybridized carbons (Fsp3) is 0.250. The molecule has 2 heterocycles. The lowest BCUT2D eigenvalue weighted by Crippen LogP contribution is -2.34. The van der Waals surface area contributed by atoms with Crippen molar-refractivity contribution in [3.8, 4) is 17.1 Å². The van der Waals surface area contributed by atoms with Crippen LogP contribution in [-0.4, -0.2) is 34.7 Å². The Labute approximate surface area is 167 Å². The lowest BCUT2D eigenvalue weighted by molar-refractivity contribution is 0.193. The fourth-order valence-electron chi connectivity index (χ4n) is 3.22. The molecular formula is C20H19ClN4O3. The summed E-state index contributed by atoms with van der Waals surface area (Å²) in [4.78, 5) is 18.9. The molecule has 3 aromatic rings. The summed E-state index contributed by atoms with van der Waals surface area (Å²) in [6, 6.07) is 14.0. The molecule has 8 heteroatoms. The van der Waals surface area contributed by atoms with Crippen LogP contribution in [0.25, 0.3) is 11.4 Å². The van der Waals surface area contributed by atoms with Gasteiger partial charge >= 0.3 is 6.03 Å². The maximum atomic E-state index is 12.7. The Morgan fingerprint density at radius 1 is 1.21 bits per heavy atom. The number of carbonyl (C=O) groups excluding carboxylic acids is 1. The number of halogens is 1. The summed E-state index contributed by atoms with van der Waals surface area (Å²) >= 11 is 5.89. The van der Waals surface area contributed by atoms with Crippen molar-refractivity contribution in [1.82, 2.24) is 15.0 Å². The van der Waals surface area contributed by atoms with Crippen molar-refractivity contribution in [2.24, 2.45) is 0 Å². The first kappa shape index (κ1) is 18.3. The normalized spacial score (nSPS) is 16.2. The molecule has 2 aromatic carbocycles. The number of rotatable bonds is 4. The van der Waals surface area contributed by atoms with Crippen molar-refractivity contribution < 1.29 is 14.1 Å². The van der Waals surface area contributed by atoms with Gasteiger partial charge in [0.15, 0.2) is 0 Å². The first-order valence-electron chi connectivity index (χ1n) is 8.95. The lowest BCUT2D eigenvalue weighted by atomic mass is 10.2. The van der Waals surface area contributed by atoms with E-state index in [9.17, 15) is 4.79 Å². The number of anilines is 1. The van der Waals surface area contributed by atoms with Gasteiger partial charge in [-0.2, -0.15) is 4.98 Å². The number of ether oxygens (including phenoxy) is 1. The Hall–Kier alpha value is -3.06. The van der Waals surface area contributed by atoms with Crippen LogP contribution in [0.5, 0.6) is 5.75 Å². The van der Waals surface area contributed by atoms with Gasteiger partial charge in [0, 0.05) is 22.8 Å². The summed E-state index contributed by atoms with van der Waals surface area (Å²) in [6.07, 6.45) is 1.65. The minimum Gasteiger partial charge on any atom is -0.497 e. The molecule has 1 unspecified atom stereocenters. The molecule has 0 spiro atoms. The van der Waals surface area contributed by atoms with Gasteiger partial charge in [0.05, 0.1) is 7.11 Å². The molecule has 1 fully saturated rings. The summed E-state index contributed by atoms with van der Waals surface area (Å²) in [7, 11) is 1.62. The van der Waals surface area contributed by atoms with E-state index in [-0.39, 0.29) is 12.1 Å². The number of urea groups is 1. The minimum absolute atomic E-state index is 0.200. The number of aromatic nitrogens is 2. The Morgan fingerprint density at radius 3 is 2.68 bits per heavy atom. The first-order valence-corrected chi connectivity index (χ1v) is 9.33. The van der Waals surface area contributed by atoms with Gasteiger partial charge < -0.3 is 19.5 Å². The smallest absolute Gasteiger partial charge is 0.322 e. The summed E-state index contributed by atoms with van der Waals surface area (Å²) in [5.41, 5.74) is 1.51. The molecule has 1 aliphatic heterocycles. The number of amides is 2. The van der Waals surface area contributed by atoms with Crippen molar-refractivity contribution in [3.63, 3.8) is 0 Å². The van der Waals surface area contributed by atoms with Gasteiger partial charge in [0.1, 0.15) is 11.8 Å². The SMILES string of the molecule is COc1ccc(-c2noc(C3CCCN3C(=O)Nc3ccc(Cl)cc3)n2)cc1. The third-order valence-corrected chi connectivity index (χ3v) is 4.94. The van der Waals surface area contributed by atoms with Crippen LogP contribution in [0.2, 0.25) is 5.02 Å². The largest absolute Gasteiger partial charge is 0.497 e. The van der Waals surface area contributed by atoms with E-state index in [1.165, 1.54) is 0 Å². The highest BCUT2D eigenvalue weighted by molar-refractivity contribution is 6.30. The van der Waals surface area contributed by atoms with E-state index < -0.39 is 0 Å². The van der Waals surface area contributed by atoms with E-state index in [4.69, 9.17) is 20.9 Å². The van der Waals surface area contributed by atoms with E-state index in [1.807, 2.05) is 24.3 Å². The van der Waals surface area contributed by atoms with Crippen molar-refractivity contribution >= 4 is 23.3 Å². The van der Waals surface area contributed by atoms with E-state index >= 15 is 0 Å². The van der Waals surface area contributed by atoms with Crippen LogP contribution in [0.3, 0.4) is 0 Å². The third-order valence-electron chi connectivity index (χ3n) is 4.68. The Kier molecular flexibility index (Phi) is 5.16. The molecular weight excluding hydrogens is 380 g/mol. The molecule has 144 valence electrons. The highest BCUT2D eigenvalue weighted by atomic mass is 35.5. The number of methoxy groups -OCH3 is 1. The van der Waals surface area contributed by atoms with Crippen molar-refractivity contribution in [1.29, 1.82) is 0 Å². The van der Waals surface area contributed by atoms with Crippen LogP contribution in [0.4, 0.5) is 10.5 Å². The molecule has 7 nitrogen and oxygen atoms in total. The molecule has 28 heavy (non-hydrogen) atoms. The maximum Gasteiger partial charge on any atom is 0.322 e. The summed E-state index contributed by atoms with van der Waals surface area (Å²) in [6.45, 7) is 0.629. The molecule has 1 N–H and O–H groups in total. The van der Waals surface area contributed by atoms with E-state index in [0.717, 1.165) is 24.2 Å². The number of nitrogens with zero attached hydrogens (tertiary/aromatic N) is 3. The van der Waals surface area contributed by atoms with Gasteiger partial charge in [-0.3, -0.25) is 0 Å². The molecule has 0 saturated carbocycles. The van der Waals surface area contributed by atoms with E-state index in [2.05, 4.69) is 15.5 Å². The minimum atomic E-state index is -0.244. The Bertz CT molecular complexity index is 956. The van der Waals surface area contributed by atoms with E-state index in [0.29, 0.717) is 29.0 Å². The van der Waals surface area contributed by atoms with Crippen molar-refractivity contribution in [2.75, 3.05) is 19.0 Å². The quantitative estimate of drug-likeness (QED) is 0.684. The number of nitrogens with one attached hydrogen (secondary N) is 1. The molecule has 1 saturated heterocycles. The highest BCUT2D eigenvalue weighted by Gasteiger charge is 2.34. The molecule has 2 amide bonds. The maximum absolute atomic E-state index is 12.7. The van der Waals surface area contributed by atoms with Crippen LogP contribution >= 0.6 is 11.6 Å². The monoisotopic (exact) mass is 398 g/mol. The number of carbonyl (C=O) groups is 1. The molecule has 0 bridgehead atoms. The molecule has 1 aliphatic rings. The number of hydrogen-bond donors (Lipinski definition) is 1. The Balaban J connectivity index is 1.49. The zero-order chi connectivity index (χ0) is 19.5. The van der Waals surface area contributed by atoms with Crippen molar-refractivity contribution in [2.45, 2.75) is 18.9 Å². The first-order chi connectivity index (χ1) is 13.6. The zero-order valence-electron chi connectivity index (χ0n) is 15.3. The second-order valence-corrected chi connectivity index (χ2v) is 6.91. The predicted molar refractivity (Wildman–Crippen MR) is 105 cm³/mol. The van der Waals surface area contributed by atoms with Gasteiger partial charge in [-0.15, -0.1) is 0 Å². The molecule has 4 rings (SSSR count). The van der Waals surface area contributed by atoms with Crippen LogP contribution < -0.4 is 10.1 Å². The summed E-state index contributed by atoms with van der Waals surface area (Å²) in [5.74, 6) is 1.69. The van der Waals surface area contributed by atoms with Gasteiger partial charge in [-0.1, -0.05) is 16.8 Å². The zero-order valence-corrected chi connectivity index (χ0v) is 16.0. The topological polar surface area (TPSA) is 80.5 Å². The average molecular weight is 399 g/mol. The van der Waals surface area contributed by atoms with E-state index in [1.54, 1.807) is 36.3 Å². The van der Waals surface area contributed by atoms with Crippen LogP contribution in [0.15, 0.2) is 53.1 Å². The van der Waals surface area contributed by atoms with Crippen molar-refractivity contribution in [3.05, 3.63) is 59.4 Å².